The molecule has 1 heterocycles. The van der Waals surface area contributed by atoms with Crippen LogP contribution in [-0.2, 0) is 27.7 Å². The topological polar surface area (TPSA) is 113 Å². The Morgan fingerprint density at radius 1 is 1.03 bits per heavy atom. The first-order chi connectivity index (χ1) is 15.7. The predicted octanol–water partition coefficient (Wildman–Crippen LogP) is 3.19. The third kappa shape index (κ3) is 4.97. The van der Waals surface area contributed by atoms with Crippen LogP contribution in [0.1, 0.15) is 27.0 Å². The predicted molar refractivity (Wildman–Crippen MR) is 125 cm³/mol. The van der Waals surface area contributed by atoms with Gasteiger partial charge in [-0.05, 0) is 36.2 Å². The normalized spacial score (nSPS) is 16.0. The average molecular weight is 465 g/mol. The van der Waals surface area contributed by atoms with Gasteiger partial charge in [0.1, 0.15) is 6.04 Å². The Kier molecular flexibility index (Phi) is 6.31. The molecule has 0 fully saturated rings. The van der Waals surface area contributed by atoms with Crippen LogP contribution >= 0.6 is 0 Å². The molecule has 0 bridgehead atoms. The molecular weight excluding hydrogens is 440 g/mol. The highest BCUT2D eigenvalue weighted by Gasteiger charge is 2.31. The number of aryl methyl sites for hydroxylation is 1. The SMILES string of the molecule is Cc1ccc(S(=O)(=O)N[C@@H](Cc2ccccc2C(=O)[C@@H]2Cc3ccccc3N2)C(=O)O)cc1. The van der Waals surface area contributed by atoms with Gasteiger partial charge in [-0.15, -0.1) is 0 Å². The molecular formula is C25H24N2O5S. The molecule has 4 rings (SSSR count). The van der Waals surface area contributed by atoms with Gasteiger partial charge in [-0.1, -0.05) is 60.2 Å². The number of ketones is 1. The molecule has 0 saturated carbocycles. The lowest BCUT2D eigenvalue weighted by atomic mass is 9.93. The van der Waals surface area contributed by atoms with Gasteiger partial charge in [0.15, 0.2) is 5.78 Å². The molecule has 8 heteroatoms. The van der Waals surface area contributed by atoms with E-state index in [1.54, 1.807) is 36.4 Å². The number of nitrogens with one attached hydrogen (secondary N) is 2. The summed E-state index contributed by atoms with van der Waals surface area (Å²) in [6.07, 6.45) is 0.369. The van der Waals surface area contributed by atoms with Gasteiger partial charge in [-0.3, -0.25) is 9.59 Å². The molecule has 0 aromatic heterocycles. The molecule has 3 N–H and O–H groups in total. The summed E-state index contributed by atoms with van der Waals surface area (Å²) >= 11 is 0. The van der Waals surface area contributed by atoms with Crippen molar-refractivity contribution in [1.82, 2.24) is 4.72 Å². The molecule has 0 unspecified atom stereocenters. The number of hydrogen-bond acceptors (Lipinski definition) is 5. The standard InChI is InChI=1S/C25H24N2O5S/c1-16-10-12-19(13-11-16)33(31,32)27-23(25(29)30)14-17-6-2-4-8-20(17)24(28)22-15-18-7-3-5-9-21(18)26-22/h2-13,22-23,26-27H,14-15H2,1H3,(H,29,30)/t22-,23-/m0/s1. The highest BCUT2D eigenvalue weighted by Crippen LogP contribution is 2.28. The van der Waals surface area contributed by atoms with Crippen LogP contribution in [-0.4, -0.2) is 37.4 Å². The van der Waals surface area contributed by atoms with Gasteiger partial charge in [-0.25, -0.2) is 8.42 Å². The molecule has 0 amide bonds. The minimum atomic E-state index is -4.05. The van der Waals surface area contributed by atoms with E-state index in [0.717, 1.165) is 16.8 Å². The van der Waals surface area contributed by atoms with Gasteiger partial charge in [-0.2, -0.15) is 4.72 Å². The Morgan fingerprint density at radius 3 is 2.39 bits per heavy atom. The van der Waals surface area contributed by atoms with Crippen LogP contribution in [0.15, 0.2) is 77.7 Å². The summed E-state index contributed by atoms with van der Waals surface area (Å²) < 4.78 is 27.8. The molecule has 1 aliphatic heterocycles. The second kappa shape index (κ2) is 9.17. The fourth-order valence-corrected chi connectivity index (χ4v) is 5.14. The minimum absolute atomic E-state index is 0.0170. The lowest BCUT2D eigenvalue weighted by Gasteiger charge is -2.18. The molecule has 33 heavy (non-hydrogen) atoms. The van der Waals surface area contributed by atoms with E-state index in [0.29, 0.717) is 17.5 Å². The maximum atomic E-state index is 13.3. The fourth-order valence-electron chi connectivity index (χ4n) is 3.95. The second-order valence-electron chi connectivity index (χ2n) is 8.11. The van der Waals surface area contributed by atoms with Crippen molar-refractivity contribution in [3.8, 4) is 0 Å². The highest BCUT2D eigenvalue weighted by molar-refractivity contribution is 7.89. The zero-order valence-electron chi connectivity index (χ0n) is 18.0. The van der Waals surface area contributed by atoms with E-state index in [1.807, 2.05) is 31.2 Å². The number of benzene rings is 3. The molecule has 3 aromatic carbocycles. The van der Waals surface area contributed by atoms with E-state index >= 15 is 0 Å². The largest absolute Gasteiger partial charge is 0.480 e. The molecule has 170 valence electrons. The van der Waals surface area contributed by atoms with Gasteiger partial charge < -0.3 is 10.4 Å². The van der Waals surface area contributed by atoms with Crippen LogP contribution in [0.5, 0.6) is 0 Å². The number of carboxylic acid groups (broad SMARTS) is 1. The van der Waals surface area contributed by atoms with Crippen molar-refractivity contribution in [1.29, 1.82) is 0 Å². The van der Waals surface area contributed by atoms with Gasteiger partial charge >= 0.3 is 5.97 Å². The molecule has 0 radical (unpaired) electrons. The van der Waals surface area contributed by atoms with Gasteiger partial charge in [0.2, 0.25) is 10.0 Å². The zero-order valence-corrected chi connectivity index (χ0v) is 18.8. The summed E-state index contributed by atoms with van der Waals surface area (Å²) in [6.45, 7) is 1.83. The molecule has 7 nitrogen and oxygen atoms in total. The maximum Gasteiger partial charge on any atom is 0.322 e. The Morgan fingerprint density at radius 2 is 1.70 bits per heavy atom. The number of carbonyl (C=O) groups excluding carboxylic acids is 1. The van der Waals surface area contributed by atoms with Gasteiger partial charge in [0.25, 0.3) is 0 Å². The number of carbonyl (C=O) groups is 2. The van der Waals surface area contributed by atoms with Crippen LogP contribution in [0.4, 0.5) is 5.69 Å². The van der Waals surface area contributed by atoms with Crippen molar-refractivity contribution in [2.45, 2.75) is 36.7 Å². The number of para-hydroxylation sites is 1. The van der Waals surface area contributed by atoms with E-state index in [9.17, 15) is 23.1 Å². The van der Waals surface area contributed by atoms with Crippen molar-refractivity contribution in [2.24, 2.45) is 0 Å². The summed E-state index contributed by atoms with van der Waals surface area (Å²) in [6, 6.07) is 18.7. The monoisotopic (exact) mass is 464 g/mol. The number of anilines is 1. The number of aliphatic carboxylic acids is 1. The zero-order chi connectivity index (χ0) is 23.6. The van der Waals surface area contributed by atoms with Crippen molar-refractivity contribution >= 4 is 27.5 Å². The molecule has 2 atom stereocenters. The number of fused-ring (bicyclic) bond motifs is 1. The number of Topliss-reactive ketones (excluding diaryl/α,β-unsaturated/α-hetero) is 1. The van der Waals surface area contributed by atoms with Crippen LogP contribution < -0.4 is 10.0 Å². The van der Waals surface area contributed by atoms with E-state index in [-0.39, 0.29) is 17.1 Å². The Hall–Kier alpha value is -3.49. The summed E-state index contributed by atoms with van der Waals surface area (Å²) in [7, 11) is -4.05. The molecule has 0 spiro atoms. The third-order valence-electron chi connectivity index (χ3n) is 5.72. The van der Waals surface area contributed by atoms with E-state index in [1.165, 1.54) is 12.1 Å². The molecule has 0 aliphatic carbocycles. The smallest absolute Gasteiger partial charge is 0.322 e. The fraction of sp³-hybridized carbons (Fsp3) is 0.200. The maximum absolute atomic E-state index is 13.3. The van der Waals surface area contributed by atoms with Crippen LogP contribution in [0.25, 0.3) is 0 Å². The average Bonchev–Trinajstić information content (AvgIpc) is 3.23. The van der Waals surface area contributed by atoms with E-state index in [4.69, 9.17) is 0 Å². The summed E-state index contributed by atoms with van der Waals surface area (Å²) in [5.41, 5.74) is 3.69. The quantitative estimate of drug-likeness (QED) is 0.442. The summed E-state index contributed by atoms with van der Waals surface area (Å²) in [5.74, 6) is -1.48. The van der Waals surface area contributed by atoms with Crippen LogP contribution in [0.2, 0.25) is 0 Å². The van der Waals surface area contributed by atoms with Crippen LogP contribution in [0.3, 0.4) is 0 Å². The molecule has 0 saturated heterocycles. The van der Waals surface area contributed by atoms with E-state index < -0.39 is 28.1 Å². The van der Waals surface area contributed by atoms with Crippen molar-refractivity contribution < 1.29 is 23.1 Å². The molecule has 3 aromatic rings. The minimum Gasteiger partial charge on any atom is -0.480 e. The number of sulfonamides is 1. The first-order valence-electron chi connectivity index (χ1n) is 10.5. The second-order valence-corrected chi connectivity index (χ2v) is 9.82. The Bertz CT molecular complexity index is 1280. The van der Waals surface area contributed by atoms with Crippen molar-refractivity contribution in [3.63, 3.8) is 0 Å². The lowest BCUT2D eigenvalue weighted by molar-refractivity contribution is -0.138. The number of carboxylic acids is 1. The van der Waals surface area contributed by atoms with Crippen molar-refractivity contribution in [3.05, 3.63) is 95.1 Å². The number of rotatable bonds is 8. The van der Waals surface area contributed by atoms with Gasteiger partial charge in [0, 0.05) is 24.1 Å². The summed E-state index contributed by atoms with van der Waals surface area (Å²) in [4.78, 5) is 25.2. The van der Waals surface area contributed by atoms with Gasteiger partial charge in [0.05, 0.1) is 10.9 Å². The third-order valence-corrected chi connectivity index (χ3v) is 7.21. The first-order valence-corrected chi connectivity index (χ1v) is 12.0. The van der Waals surface area contributed by atoms with E-state index in [2.05, 4.69) is 10.0 Å². The Balaban J connectivity index is 1.56. The molecule has 1 aliphatic rings. The Labute approximate surface area is 192 Å². The van der Waals surface area contributed by atoms with Crippen molar-refractivity contribution in [2.75, 3.05) is 5.32 Å². The first kappa shape index (κ1) is 22.7. The van der Waals surface area contributed by atoms with Crippen LogP contribution in [0, 0.1) is 6.92 Å². The lowest BCUT2D eigenvalue weighted by Crippen LogP contribution is -2.42. The highest BCUT2D eigenvalue weighted by atomic mass is 32.2. The summed E-state index contributed by atoms with van der Waals surface area (Å²) in [5, 5.41) is 12.9. The number of hydrogen-bond donors (Lipinski definition) is 3.